The Morgan fingerprint density at radius 3 is 2.82 bits per heavy atom. The second-order valence-electron chi connectivity index (χ2n) is 7.06. The van der Waals surface area contributed by atoms with Gasteiger partial charge in [0.25, 0.3) is 0 Å². The number of nitriles is 1. The highest BCUT2D eigenvalue weighted by Gasteiger charge is 2.29. The quantitative estimate of drug-likeness (QED) is 0.783. The monoisotopic (exact) mass is 398 g/mol. The number of benzene rings is 1. The molecule has 0 bridgehead atoms. The largest absolute Gasteiger partial charge is 0.378 e. The van der Waals surface area contributed by atoms with E-state index >= 15 is 0 Å². The first-order valence-corrected chi connectivity index (χ1v) is 9.87. The van der Waals surface area contributed by atoms with E-state index in [1.54, 1.807) is 6.07 Å². The van der Waals surface area contributed by atoms with Crippen LogP contribution in [-0.2, 0) is 4.74 Å². The molecule has 0 amide bonds. The van der Waals surface area contributed by atoms with Crippen LogP contribution in [0, 0.1) is 11.3 Å². The summed E-state index contributed by atoms with van der Waals surface area (Å²) in [7, 11) is 2.07. The molecule has 0 aliphatic carbocycles. The van der Waals surface area contributed by atoms with Gasteiger partial charge in [0.2, 0.25) is 5.95 Å². The number of likely N-dealkylation sites (N-methyl/N-ethyl adjacent to an activating group) is 1. The van der Waals surface area contributed by atoms with Crippen molar-refractivity contribution >= 4 is 29.1 Å². The van der Waals surface area contributed by atoms with Crippen LogP contribution in [0.4, 0.5) is 17.5 Å². The molecule has 1 atom stereocenters. The van der Waals surface area contributed by atoms with Crippen LogP contribution in [-0.4, -0.2) is 62.5 Å². The van der Waals surface area contributed by atoms with E-state index in [1.165, 1.54) is 0 Å². The smallest absolute Gasteiger partial charge is 0.227 e. The minimum atomic E-state index is 0.304. The van der Waals surface area contributed by atoms with Gasteiger partial charge < -0.3 is 19.4 Å². The highest BCUT2D eigenvalue weighted by Crippen LogP contribution is 2.31. The highest BCUT2D eigenvalue weighted by atomic mass is 35.5. The maximum atomic E-state index is 9.47. The van der Waals surface area contributed by atoms with Crippen LogP contribution in [0.25, 0.3) is 0 Å². The average molecular weight is 399 g/mol. The van der Waals surface area contributed by atoms with Crippen LogP contribution in [0.15, 0.2) is 30.5 Å². The van der Waals surface area contributed by atoms with Crippen molar-refractivity contribution < 1.29 is 4.74 Å². The molecule has 0 spiro atoms. The lowest BCUT2D eigenvalue weighted by atomic mass is 10.2. The number of nitrogens with zero attached hydrogens (tertiary/aromatic N) is 6. The number of halogens is 1. The van der Waals surface area contributed by atoms with Gasteiger partial charge >= 0.3 is 0 Å². The number of hydrogen-bond acceptors (Lipinski definition) is 7. The van der Waals surface area contributed by atoms with Crippen molar-refractivity contribution in [2.75, 3.05) is 61.1 Å². The minimum Gasteiger partial charge on any atom is -0.378 e. The first-order valence-electron chi connectivity index (χ1n) is 9.49. The van der Waals surface area contributed by atoms with Crippen molar-refractivity contribution in [1.82, 2.24) is 9.97 Å². The van der Waals surface area contributed by atoms with Gasteiger partial charge in [0.05, 0.1) is 29.5 Å². The summed E-state index contributed by atoms with van der Waals surface area (Å²) in [6.45, 7) is 4.75. The molecule has 0 radical (unpaired) electrons. The molecule has 2 aliphatic heterocycles. The van der Waals surface area contributed by atoms with E-state index in [9.17, 15) is 5.26 Å². The summed E-state index contributed by atoms with van der Waals surface area (Å²) < 4.78 is 5.42. The molecule has 1 unspecified atom stereocenters. The van der Waals surface area contributed by atoms with Crippen molar-refractivity contribution in [1.29, 1.82) is 5.26 Å². The van der Waals surface area contributed by atoms with Gasteiger partial charge in [0, 0.05) is 45.5 Å². The molecule has 2 aromatic rings. The summed E-state index contributed by atoms with van der Waals surface area (Å²) in [4.78, 5) is 15.8. The standard InChI is InChI=1S/C20H23ClN6O/c1-25(19-5-7-23-20(24-19)26-9-11-28-12-10-26)15-6-8-27(14-15)18-4-2-3-17(21)16(18)13-22/h2-5,7,15H,6,8-12,14H2,1H3. The van der Waals surface area contributed by atoms with Crippen molar-refractivity contribution in [2.24, 2.45) is 0 Å². The van der Waals surface area contributed by atoms with Gasteiger partial charge in [0.1, 0.15) is 11.9 Å². The molecule has 0 N–H and O–H groups in total. The molecular formula is C20H23ClN6O. The van der Waals surface area contributed by atoms with Gasteiger partial charge in [-0.25, -0.2) is 4.98 Å². The Labute approximate surface area is 170 Å². The molecule has 1 aromatic carbocycles. The zero-order valence-corrected chi connectivity index (χ0v) is 16.6. The van der Waals surface area contributed by atoms with Gasteiger partial charge in [-0.2, -0.15) is 10.2 Å². The van der Waals surface area contributed by atoms with Gasteiger partial charge in [-0.05, 0) is 24.6 Å². The molecular weight excluding hydrogens is 376 g/mol. The summed E-state index contributed by atoms with van der Waals surface area (Å²) >= 11 is 6.20. The van der Waals surface area contributed by atoms with E-state index in [4.69, 9.17) is 21.3 Å². The molecule has 7 nitrogen and oxygen atoms in total. The van der Waals surface area contributed by atoms with Crippen LogP contribution in [0.3, 0.4) is 0 Å². The van der Waals surface area contributed by atoms with Crippen LogP contribution < -0.4 is 14.7 Å². The van der Waals surface area contributed by atoms with Crippen molar-refractivity contribution in [3.05, 3.63) is 41.0 Å². The van der Waals surface area contributed by atoms with E-state index in [1.807, 2.05) is 24.4 Å². The molecule has 8 heteroatoms. The lowest BCUT2D eigenvalue weighted by molar-refractivity contribution is 0.122. The number of morpholine rings is 1. The normalized spacial score (nSPS) is 19.5. The molecule has 4 rings (SSSR count). The maximum Gasteiger partial charge on any atom is 0.227 e. The minimum absolute atomic E-state index is 0.304. The third kappa shape index (κ3) is 3.71. The molecule has 2 saturated heterocycles. The molecule has 3 heterocycles. The van der Waals surface area contributed by atoms with Crippen molar-refractivity contribution in [3.63, 3.8) is 0 Å². The zero-order valence-electron chi connectivity index (χ0n) is 15.9. The Balaban J connectivity index is 1.49. The molecule has 2 aliphatic rings. The van der Waals surface area contributed by atoms with Crippen LogP contribution >= 0.6 is 11.6 Å². The van der Waals surface area contributed by atoms with E-state index in [0.29, 0.717) is 29.8 Å². The fourth-order valence-corrected chi connectivity index (χ4v) is 4.01. The summed E-state index contributed by atoms with van der Waals surface area (Å²) in [5.74, 6) is 1.67. The first-order chi connectivity index (χ1) is 13.7. The fraction of sp³-hybridized carbons (Fsp3) is 0.450. The third-order valence-electron chi connectivity index (χ3n) is 5.44. The van der Waals surface area contributed by atoms with E-state index in [-0.39, 0.29) is 0 Å². The Bertz CT molecular complexity index is 879. The lowest BCUT2D eigenvalue weighted by Crippen LogP contribution is -2.38. The van der Waals surface area contributed by atoms with Crippen LogP contribution in [0.5, 0.6) is 0 Å². The highest BCUT2D eigenvalue weighted by molar-refractivity contribution is 6.32. The Morgan fingerprint density at radius 1 is 1.21 bits per heavy atom. The van der Waals surface area contributed by atoms with Crippen molar-refractivity contribution in [3.8, 4) is 6.07 Å². The molecule has 1 aromatic heterocycles. The van der Waals surface area contributed by atoms with Crippen LogP contribution in [0.2, 0.25) is 5.02 Å². The molecule has 28 heavy (non-hydrogen) atoms. The van der Waals surface area contributed by atoms with Gasteiger partial charge in [-0.15, -0.1) is 0 Å². The van der Waals surface area contributed by atoms with E-state index in [2.05, 4.69) is 32.8 Å². The summed E-state index contributed by atoms with van der Waals surface area (Å²) in [6.07, 6.45) is 2.81. The second-order valence-corrected chi connectivity index (χ2v) is 7.47. The SMILES string of the molecule is CN(c1ccnc(N2CCOCC2)n1)C1CCN(c2cccc(Cl)c2C#N)C1. The topological polar surface area (TPSA) is 68.5 Å². The van der Waals surface area contributed by atoms with Crippen LogP contribution in [0.1, 0.15) is 12.0 Å². The second kappa shape index (κ2) is 8.21. The first kappa shape index (κ1) is 18.8. The number of anilines is 3. The summed E-state index contributed by atoms with van der Waals surface area (Å²) in [5.41, 5.74) is 1.45. The number of hydrogen-bond donors (Lipinski definition) is 0. The summed E-state index contributed by atoms with van der Waals surface area (Å²) in [6, 6.07) is 10.1. The summed E-state index contributed by atoms with van der Waals surface area (Å²) in [5, 5.41) is 9.97. The number of aromatic nitrogens is 2. The van der Waals surface area contributed by atoms with Gasteiger partial charge in [0.15, 0.2) is 0 Å². The number of ether oxygens (including phenoxy) is 1. The number of rotatable bonds is 4. The molecule has 146 valence electrons. The Morgan fingerprint density at radius 2 is 2.04 bits per heavy atom. The van der Waals surface area contributed by atoms with E-state index in [0.717, 1.165) is 50.1 Å². The lowest BCUT2D eigenvalue weighted by Gasteiger charge is -2.29. The van der Waals surface area contributed by atoms with Gasteiger partial charge in [-0.1, -0.05) is 17.7 Å². The third-order valence-corrected chi connectivity index (χ3v) is 5.75. The van der Waals surface area contributed by atoms with E-state index < -0.39 is 0 Å². The van der Waals surface area contributed by atoms with Gasteiger partial charge in [-0.3, -0.25) is 0 Å². The maximum absolute atomic E-state index is 9.47. The zero-order chi connectivity index (χ0) is 19.5. The predicted octanol–water partition coefficient (Wildman–Crippen LogP) is 2.55. The Kier molecular flexibility index (Phi) is 5.51. The average Bonchev–Trinajstić information content (AvgIpc) is 3.24. The Hall–Kier alpha value is -2.56. The predicted molar refractivity (Wildman–Crippen MR) is 110 cm³/mol. The molecule has 0 saturated carbocycles. The molecule has 2 fully saturated rings. The fourth-order valence-electron chi connectivity index (χ4n) is 3.80. The van der Waals surface area contributed by atoms with Crippen molar-refractivity contribution in [2.45, 2.75) is 12.5 Å².